The molecule has 0 radical (unpaired) electrons. The first-order chi connectivity index (χ1) is 20.9. The molecule has 234 valence electrons. The lowest BCUT2D eigenvalue weighted by molar-refractivity contribution is -0.253. The summed E-state index contributed by atoms with van der Waals surface area (Å²) in [6, 6.07) is 16.7. The van der Waals surface area contributed by atoms with Crippen molar-refractivity contribution in [2.24, 2.45) is 0 Å². The first-order valence-corrected chi connectivity index (χ1v) is 15.9. The predicted octanol–water partition coefficient (Wildman–Crippen LogP) is 5.47. The van der Waals surface area contributed by atoms with Gasteiger partial charge in [-0.2, -0.15) is 0 Å². The number of hydrogen-bond acceptors (Lipinski definition) is 6. The molecule has 0 spiro atoms. The maximum Gasteiger partial charge on any atom is 0.220 e. The van der Waals surface area contributed by atoms with Crippen LogP contribution in [0.3, 0.4) is 0 Å². The standard InChI is InChI=1S/C35H49N3O5/c1-3-21-38(31-9-6-7-10-31)24-32-22-33(29-16-14-28(25-39)15-17-29)43-35(42-32)30-18-12-27(13-19-30)23-37-34(41)11-5-4-8-20-36-26(2)40/h3,12-19,31-33,35,39H,1,4-11,20-25H2,2H3,(H,36,40)(H,37,41)/t32-,33+,35+/m0/s1. The van der Waals surface area contributed by atoms with Crippen molar-refractivity contribution in [1.82, 2.24) is 15.5 Å². The molecule has 2 aliphatic rings. The van der Waals surface area contributed by atoms with Gasteiger partial charge in [0.1, 0.15) is 0 Å². The monoisotopic (exact) mass is 591 g/mol. The van der Waals surface area contributed by atoms with E-state index >= 15 is 0 Å². The van der Waals surface area contributed by atoms with Crippen molar-refractivity contribution in [2.75, 3.05) is 19.6 Å². The predicted molar refractivity (Wildman–Crippen MR) is 168 cm³/mol. The van der Waals surface area contributed by atoms with Gasteiger partial charge >= 0.3 is 0 Å². The van der Waals surface area contributed by atoms with E-state index in [1.54, 1.807) is 0 Å². The number of ether oxygens (including phenoxy) is 2. The zero-order chi connectivity index (χ0) is 30.4. The molecule has 2 aromatic carbocycles. The van der Waals surface area contributed by atoms with Crippen molar-refractivity contribution in [3.05, 3.63) is 83.4 Å². The lowest BCUT2D eigenvalue weighted by atomic mass is 9.99. The van der Waals surface area contributed by atoms with Gasteiger partial charge in [0.2, 0.25) is 11.8 Å². The minimum absolute atomic E-state index is 0.000903. The minimum atomic E-state index is -0.503. The fourth-order valence-corrected chi connectivity index (χ4v) is 6.04. The number of hydrogen-bond donors (Lipinski definition) is 3. The Morgan fingerprint density at radius 3 is 2.33 bits per heavy atom. The molecular formula is C35H49N3O5. The summed E-state index contributed by atoms with van der Waals surface area (Å²) in [5.74, 6) is 0.0137. The first kappa shape index (κ1) is 32.9. The number of aliphatic hydroxyl groups excluding tert-OH is 1. The maximum atomic E-state index is 12.3. The molecule has 2 fully saturated rings. The molecule has 43 heavy (non-hydrogen) atoms. The third kappa shape index (κ3) is 10.6. The zero-order valence-electron chi connectivity index (χ0n) is 25.6. The number of aliphatic hydroxyl groups is 1. The average molecular weight is 592 g/mol. The SMILES string of the molecule is C=CCN(C[C@@H]1C[C@H](c2ccc(CO)cc2)O[C@H](c2ccc(CNC(=O)CCCCCNC(C)=O)cc2)O1)C1CCCC1. The highest BCUT2D eigenvalue weighted by molar-refractivity contribution is 5.75. The van der Waals surface area contributed by atoms with Gasteiger partial charge in [-0.1, -0.05) is 73.9 Å². The van der Waals surface area contributed by atoms with E-state index in [1.165, 1.54) is 32.6 Å². The molecular weight excluding hydrogens is 542 g/mol. The summed E-state index contributed by atoms with van der Waals surface area (Å²) in [5, 5.41) is 15.3. The molecule has 1 saturated heterocycles. The van der Waals surface area contributed by atoms with E-state index in [4.69, 9.17) is 9.47 Å². The lowest BCUT2D eigenvalue weighted by Crippen LogP contribution is -2.43. The van der Waals surface area contributed by atoms with E-state index < -0.39 is 6.29 Å². The summed E-state index contributed by atoms with van der Waals surface area (Å²) in [5.41, 5.74) is 3.93. The van der Waals surface area contributed by atoms with Crippen LogP contribution in [0, 0.1) is 0 Å². The number of benzene rings is 2. The minimum Gasteiger partial charge on any atom is -0.392 e. The maximum absolute atomic E-state index is 12.3. The second-order valence-electron chi connectivity index (χ2n) is 11.8. The molecule has 2 amide bonds. The van der Waals surface area contributed by atoms with Crippen molar-refractivity contribution < 1.29 is 24.2 Å². The third-order valence-corrected chi connectivity index (χ3v) is 8.45. The highest BCUT2D eigenvalue weighted by Crippen LogP contribution is 2.38. The number of carbonyl (C=O) groups excluding carboxylic acids is 2. The van der Waals surface area contributed by atoms with Crippen LogP contribution < -0.4 is 10.6 Å². The summed E-state index contributed by atoms with van der Waals surface area (Å²) in [6.45, 7) is 8.34. The van der Waals surface area contributed by atoms with Crippen LogP contribution in [0.5, 0.6) is 0 Å². The molecule has 0 unspecified atom stereocenters. The van der Waals surface area contributed by atoms with E-state index in [0.717, 1.165) is 61.0 Å². The highest BCUT2D eigenvalue weighted by atomic mass is 16.7. The third-order valence-electron chi connectivity index (χ3n) is 8.45. The van der Waals surface area contributed by atoms with E-state index in [1.807, 2.05) is 54.6 Å². The van der Waals surface area contributed by atoms with Gasteiger partial charge < -0.3 is 25.2 Å². The highest BCUT2D eigenvalue weighted by Gasteiger charge is 2.34. The Morgan fingerprint density at radius 1 is 0.953 bits per heavy atom. The molecule has 3 atom stereocenters. The van der Waals surface area contributed by atoms with Crippen LogP contribution >= 0.6 is 0 Å². The van der Waals surface area contributed by atoms with Crippen LogP contribution in [0.25, 0.3) is 0 Å². The summed E-state index contributed by atoms with van der Waals surface area (Å²) in [6.07, 6.45) is 10.2. The summed E-state index contributed by atoms with van der Waals surface area (Å²) >= 11 is 0. The van der Waals surface area contributed by atoms with Crippen LogP contribution in [0.15, 0.2) is 61.2 Å². The van der Waals surface area contributed by atoms with Gasteiger partial charge in [-0.05, 0) is 42.4 Å². The normalized spacial score (nSPS) is 20.7. The molecule has 4 rings (SSSR count). The van der Waals surface area contributed by atoms with Crippen molar-refractivity contribution >= 4 is 11.8 Å². The van der Waals surface area contributed by atoms with E-state index in [0.29, 0.717) is 25.6 Å². The number of carbonyl (C=O) groups is 2. The van der Waals surface area contributed by atoms with Gasteiger partial charge in [-0.15, -0.1) is 6.58 Å². The fourth-order valence-electron chi connectivity index (χ4n) is 6.04. The van der Waals surface area contributed by atoms with Gasteiger partial charge in [-0.3, -0.25) is 14.5 Å². The molecule has 1 heterocycles. The second kappa shape index (κ2) is 17.3. The number of nitrogens with one attached hydrogen (secondary N) is 2. The van der Waals surface area contributed by atoms with Crippen molar-refractivity contribution in [3.8, 4) is 0 Å². The van der Waals surface area contributed by atoms with Crippen molar-refractivity contribution in [2.45, 2.75) is 102 Å². The Balaban J connectivity index is 1.35. The second-order valence-corrected chi connectivity index (χ2v) is 11.8. The Hall–Kier alpha value is -3.04. The van der Waals surface area contributed by atoms with Crippen LogP contribution in [0.2, 0.25) is 0 Å². The summed E-state index contributed by atoms with van der Waals surface area (Å²) in [4.78, 5) is 25.8. The number of rotatable bonds is 16. The Morgan fingerprint density at radius 2 is 1.65 bits per heavy atom. The molecule has 0 bridgehead atoms. The summed E-state index contributed by atoms with van der Waals surface area (Å²) in [7, 11) is 0. The molecule has 3 N–H and O–H groups in total. The number of nitrogens with zero attached hydrogens (tertiary/aromatic N) is 1. The quantitative estimate of drug-likeness (QED) is 0.177. The van der Waals surface area contributed by atoms with Gasteiger partial charge in [0.25, 0.3) is 0 Å². The average Bonchev–Trinajstić information content (AvgIpc) is 3.57. The molecule has 2 aromatic rings. The molecule has 0 aromatic heterocycles. The Kier molecular flexibility index (Phi) is 13.2. The molecule has 8 heteroatoms. The van der Waals surface area contributed by atoms with Crippen LogP contribution in [0.4, 0.5) is 0 Å². The van der Waals surface area contributed by atoms with E-state index in [2.05, 4.69) is 22.1 Å². The van der Waals surface area contributed by atoms with E-state index in [-0.39, 0.29) is 30.6 Å². The Bertz CT molecular complexity index is 1150. The van der Waals surface area contributed by atoms with E-state index in [9.17, 15) is 14.7 Å². The zero-order valence-corrected chi connectivity index (χ0v) is 25.6. The molecule has 1 saturated carbocycles. The Labute approximate surface area is 256 Å². The largest absolute Gasteiger partial charge is 0.392 e. The first-order valence-electron chi connectivity index (χ1n) is 15.9. The smallest absolute Gasteiger partial charge is 0.220 e. The van der Waals surface area contributed by atoms with Gasteiger partial charge in [0.15, 0.2) is 6.29 Å². The van der Waals surface area contributed by atoms with Crippen LogP contribution in [0.1, 0.15) is 99.4 Å². The molecule has 1 aliphatic heterocycles. The van der Waals surface area contributed by atoms with Crippen molar-refractivity contribution in [3.63, 3.8) is 0 Å². The lowest BCUT2D eigenvalue weighted by Gasteiger charge is -2.39. The van der Waals surface area contributed by atoms with Crippen molar-refractivity contribution in [1.29, 1.82) is 0 Å². The van der Waals surface area contributed by atoms with Gasteiger partial charge in [0.05, 0.1) is 18.8 Å². The van der Waals surface area contributed by atoms with Crippen LogP contribution in [-0.2, 0) is 32.2 Å². The summed E-state index contributed by atoms with van der Waals surface area (Å²) < 4.78 is 13.1. The van der Waals surface area contributed by atoms with Gasteiger partial charge in [0, 0.05) is 57.5 Å². The molecule has 1 aliphatic carbocycles. The topological polar surface area (TPSA) is 100 Å². The number of unbranched alkanes of at least 4 members (excludes halogenated alkanes) is 2. The number of amides is 2. The van der Waals surface area contributed by atoms with Crippen LogP contribution in [-0.4, -0.2) is 53.6 Å². The fraction of sp³-hybridized carbons (Fsp3) is 0.543. The van der Waals surface area contributed by atoms with Gasteiger partial charge in [-0.25, -0.2) is 0 Å². The molecule has 8 nitrogen and oxygen atoms in total.